The summed E-state index contributed by atoms with van der Waals surface area (Å²) >= 11 is 0. The summed E-state index contributed by atoms with van der Waals surface area (Å²) in [5, 5.41) is 0.482. The van der Waals surface area contributed by atoms with Gasteiger partial charge in [0, 0.05) is 6.54 Å². The van der Waals surface area contributed by atoms with Gasteiger partial charge in [0.05, 0.1) is 13.7 Å². The van der Waals surface area contributed by atoms with E-state index in [9.17, 15) is 18.0 Å². The van der Waals surface area contributed by atoms with Gasteiger partial charge in [-0.15, -0.1) is 4.28 Å². The Hall–Kier alpha value is -1.43. The van der Waals surface area contributed by atoms with Crippen molar-refractivity contribution in [1.29, 1.82) is 0 Å². The molecule has 1 atom stereocenters. The van der Waals surface area contributed by atoms with E-state index in [0.29, 0.717) is 5.06 Å². The number of carbonyl (C=O) groups is 2. The van der Waals surface area contributed by atoms with Crippen LogP contribution >= 0.6 is 0 Å². The molecule has 1 saturated heterocycles. The van der Waals surface area contributed by atoms with E-state index < -0.39 is 28.4 Å². The van der Waals surface area contributed by atoms with Gasteiger partial charge < -0.3 is 4.90 Å². The van der Waals surface area contributed by atoms with Gasteiger partial charge in [0.25, 0.3) is 5.91 Å². The number of carbonyl (C=O) groups excluding carboxylic acids is 2. The lowest BCUT2D eigenvalue weighted by Gasteiger charge is -2.37. The molecule has 11 heteroatoms. The highest BCUT2D eigenvalue weighted by Crippen LogP contribution is 2.17. The summed E-state index contributed by atoms with van der Waals surface area (Å²) in [6.07, 6.45) is 0.129. The maximum atomic E-state index is 11.9. The Bertz CT molecular complexity index is 451. The summed E-state index contributed by atoms with van der Waals surface area (Å²) in [4.78, 5) is 29.1. The molecule has 0 radical (unpaired) electrons. The van der Waals surface area contributed by atoms with Gasteiger partial charge in [-0.2, -0.15) is 13.5 Å². The Morgan fingerprint density at radius 1 is 1.58 bits per heavy atom. The van der Waals surface area contributed by atoms with Crippen molar-refractivity contribution in [2.45, 2.75) is 19.4 Å². The van der Waals surface area contributed by atoms with Crippen LogP contribution in [-0.4, -0.2) is 61.1 Å². The summed E-state index contributed by atoms with van der Waals surface area (Å²) in [5.41, 5.74) is 2.10. The minimum Gasteiger partial charge on any atom is -0.311 e. The van der Waals surface area contributed by atoms with Crippen molar-refractivity contribution in [1.82, 2.24) is 15.4 Å². The van der Waals surface area contributed by atoms with E-state index in [0.717, 1.165) is 4.90 Å². The summed E-state index contributed by atoms with van der Waals surface area (Å²) < 4.78 is 33.8. The van der Waals surface area contributed by atoms with Crippen LogP contribution < -0.4 is 5.48 Å². The first-order valence-corrected chi connectivity index (χ1v) is 6.74. The largest absolute Gasteiger partial charge is 0.418 e. The molecule has 0 aliphatic carbocycles. The molecule has 0 aromatic heterocycles. The van der Waals surface area contributed by atoms with Crippen LogP contribution in [0.15, 0.2) is 0 Å². The molecule has 0 saturated carbocycles. The zero-order valence-corrected chi connectivity index (χ0v) is 11.2. The van der Waals surface area contributed by atoms with Crippen molar-refractivity contribution in [3.05, 3.63) is 0 Å². The third kappa shape index (κ3) is 4.02. The zero-order chi connectivity index (χ0) is 14.6. The van der Waals surface area contributed by atoms with Crippen molar-refractivity contribution in [3.63, 3.8) is 0 Å². The summed E-state index contributed by atoms with van der Waals surface area (Å²) in [6, 6.07) is -1.62. The third-order valence-corrected chi connectivity index (χ3v) is 2.84. The first-order valence-electron chi connectivity index (χ1n) is 5.38. The van der Waals surface area contributed by atoms with E-state index in [-0.39, 0.29) is 19.5 Å². The minimum absolute atomic E-state index is 0.129. The molecule has 1 aliphatic rings. The molecule has 0 aromatic carbocycles. The summed E-state index contributed by atoms with van der Waals surface area (Å²) in [6.45, 7) is 1.62. The Kier molecular flexibility index (Phi) is 5.05. The number of hydrogen-bond acceptors (Lipinski definition) is 6. The molecule has 19 heavy (non-hydrogen) atoms. The number of rotatable bonds is 5. The second kappa shape index (κ2) is 6.14. The maximum Gasteiger partial charge on any atom is 0.418 e. The van der Waals surface area contributed by atoms with E-state index >= 15 is 0 Å². The lowest BCUT2D eigenvalue weighted by atomic mass is 10.1. The van der Waals surface area contributed by atoms with Crippen LogP contribution in [0.4, 0.5) is 4.79 Å². The number of urea groups is 1. The number of likely N-dealkylation sites (N-methyl/N-ethyl adjacent to an activating group) is 1. The molecule has 2 N–H and O–H groups in total. The van der Waals surface area contributed by atoms with Gasteiger partial charge in [-0.05, 0) is 13.3 Å². The van der Waals surface area contributed by atoms with E-state index in [1.165, 1.54) is 7.11 Å². The van der Waals surface area contributed by atoms with Crippen LogP contribution in [0.5, 0.6) is 0 Å². The summed E-state index contributed by atoms with van der Waals surface area (Å²) in [7, 11) is -3.53. The highest BCUT2D eigenvalue weighted by Gasteiger charge is 2.38. The van der Waals surface area contributed by atoms with Crippen molar-refractivity contribution < 1.29 is 31.7 Å². The second-order valence-corrected chi connectivity index (χ2v) is 4.65. The van der Waals surface area contributed by atoms with Gasteiger partial charge in [0.2, 0.25) is 0 Å². The van der Waals surface area contributed by atoms with E-state index in [1.807, 2.05) is 0 Å². The van der Waals surface area contributed by atoms with Gasteiger partial charge in [-0.3, -0.25) is 14.2 Å². The molecule has 0 spiro atoms. The van der Waals surface area contributed by atoms with Gasteiger partial charge >= 0.3 is 16.4 Å². The Morgan fingerprint density at radius 3 is 2.68 bits per heavy atom. The quantitative estimate of drug-likeness (QED) is 0.488. The van der Waals surface area contributed by atoms with Crippen molar-refractivity contribution in [2.75, 3.05) is 20.2 Å². The topological polar surface area (TPSA) is 125 Å². The molecule has 0 unspecified atom stereocenters. The fraction of sp³-hybridized carbons (Fsp3) is 0.750. The molecule has 1 fully saturated rings. The average Bonchev–Trinajstić information content (AvgIpc) is 2.30. The standard InChI is InChI=1S/C8H15N3O7S/c1-3-10-6(7(12)9-17-2)4-5-11(8(10)13)18-19(14,15)16/h6H,3-5H2,1-2H3,(H,9,12)(H,14,15,16)/t6-/m0/s1. The molecule has 10 nitrogen and oxygen atoms in total. The number of hydroxylamine groups is 3. The highest BCUT2D eigenvalue weighted by molar-refractivity contribution is 7.80. The molecule has 0 aromatic rings. The van der Waals surface area contributed by atoms with Crippen LogP contribution in [-0.2, 0) is 24.3 Å². The van der Waals surface area contributed by atoms with Crippen LogP contribution in [0.1, 0.15) is 13.3 Å². The highest BCUT2D eigenvalue weighted by atomic mass is 32.3. The number of nitrogens with one attached hydrogen (secondary N) is 1. The van der Waals surface area contributed by atoms with Crippen LogP contribution in [0.25, 0.3) is 0 Å². The minimum atomic E-state index is -4.78. The first-order chi connectivity index (χ1) is 8.80. The molecular formula is C8H15N3O7S. The van der Waals surface area contributed by atoms with E-state index in [4.69, 9.17) is 4.55 Å². The van der Waals surface area contributed by atoms with Crippen molar-refractivity contribution >= 4 is 22.3 Å². The Balaban J connectivity index is 2.81. The normalized spacial score (nSPS) is 20.6. The number of amides is 3. The molecule has 1 heterocycles. The van der Waals surface area contributed by atoms with Crippen LogP contribution in [0.2, 0.25) is 0 Å². The fourth-order valence-corrected chi connectivity index (χ4v) is 2.11. The van der Waals surface area contributed by atoms with Gasteiger partial charge in [-0.1, -0.05) is 0 Å². The van der Waals surface area contributed by atoms with E-state index in [1.54, 1.807) is 6.92 Å². The lowest BCUT2D eigenvalue weighted by Crippen LogP contribution is -2.59. The Morgan fingerprint density at radius 2 is 2.21 bits per heavy atom. The third-order valence-electron chi connectivity index (χ3n) is 2.47. The smallest absolute Gasteiger partial charge is 0.311 e. The van der Waals surface area contributed by atoms with Crippen molar-refractivity contribution in [2.24, 2.45) is 0 Å². The number of nitrogens with zero attached hydrogens (tertiary/aromatic N) is 2. The average molecular weight is 297 g/mol. The SMILES string of the molecule is CCN1C(=O)N(OS(=O)(=O)O)CC[C@H]1C(=O)NOC. The van der Waals surface area contributed by atoms with Crippen LogP contribution in [0.3, 0.4) is 0 Å². The van der Waals surface area contributed by atoms with E-state index in [2.05, 4.69) is 14.6 Å². The van der Waals surface area contributed by atoms with Gasteiger partial charge in [0.15, 0.2) is 0 Å². The lowest BCUT2D eigenvalue weighted by molar-refractivity contribution is -0.140. The maximum absolute atomic E-state index is 11.9. The fourth-order valence-electron chi connectivity index (χ4n) is 1.75. The Labute approximate surface area is 110 Å². The zero-order valence-electron chi connectivity index (χ0n) is 10.4. The van der Waals surface area contributed by atoms with Crippen molar-refractivity contribution in [3.8, 4) is 0 Å². The molecule has 1 aliphatic heterocycles. The molecule has 0 bridgehead atoms. The molecule has 3 amide bonds. The van der Waals surface area contributed by atoms with Gasteiger partial charge in [-0.25, -0.2) is 10.3 Å². The predicted molar refractivity (Wildman–Crippen MR) is 60.7 cm³/mol. The van der Waals surface area contributed by atoms with Gasteiger partial charge in [0.1, 0.15) is 6.04 Å². The second-order valence-electron chi connectivity index (χ2n) is 3.65. The van der Waals surface area contributed by atoms with Crippen LogP contribution in [0, 0.1) is 0 Å². The number of hydrogen-bond donors (Lipinski definition) is 2. The first kappa shape index (κ1) is 15.6. The monoisotopic (exact) mass is 297 g/mol. The molecule has 1 rings (SSSR count). The summed E-state index contributed by atoms with van der Waals surface area (Å²) in [5.74, 6) is -0.524. The predicted octanol–water partition coefficient (Wildman–Crippen LogP) is -1.09. The molecular weight excluding hydrogens is 282 g/mol. The molecule has 110 valence electrons.